The summed E-state index contributed by atoms with van der Waals surface area (Å²) in [5.41, 5.74) is 3.52. The molecule has 39 heavy (non-hydrogen) atoms. The van der Waals surface area contributed by atoms with Crippen LogP contribution in [0.4, 0.5) is 11.4 Å². The van der Waals surface area contributed by atoms with Gasteiger partial charge in [0.25, 0.3) is 11.7 Å². The minimum atomic E-state index is -0.797. The Hall–Kier alpha value is -4.13. The number of hydrogen-bond acceptors (Lipinski definition) is 6. The minimum absolute atomic E-state index is 0.0522. The van der Waals surface area contributed by atoms with Crippen LogP contribution in [0, 0.1) is 0 Å². The van der Waals surface area contributed by atoms with E-state index in [4.69, 9.17) is 4.74 Å². The number of pyridine rings is 1. The van der Waals surface area contributed by atoms with Crippen LogP contribution < -0.4 is 14.5 Å². The van der Waals surface area contributed by atoms with Crippen LogP contribution in [0.3, 0.4) is 0 Å². The molecule has 2 fully saturated rings. The third-order valence-electron chi connectivity index (χ3n) is 7.60. The zero-order chi connectivity index (χ0) is 27.7. The highest BCUT2D eigenvalue weighted by atomic mass is 16.5. The summed E-state index contributed by atoms with van der Waals surface area (Å²) in [4.78, 5) is 35.0. The Balaban J connectivity index is 1.61. The molecule has 0 radical (unpaired) electrons. The van der Waals surface area contributed by atoms with Crippen molar-refractivity contribution in [3.63, 3.8) is 0 Å². The van der Waals surface area contributed by atoms with E-state index in [-0.39, 0.29) is 16.7 Å². The topological polar surface area (TPSA) is 83.0 Å². The lowest BCUT2D eigenvalue weighted by atomic mass is 9.84. The molecule has 1 amide bonds. The Bertz CT molecular complexity index is 1400. The molecule has 0 bridgehead atoms. The molecule has 3 aromatic rings. The van der Waals surface area contributed by atoms with Gasteiger partial charge >= 0.3 is 0 Å². The quantitative estimate of drug-likeness (QED) is 0.250. The molecular weight excluding hydrogens is 490 g/mol. The third-order valence-corrected chi connectivity index (χ3v) is 7.60. The molecule has 0 aliphatic carbocycles. The molecule has 2 aliphatic heterocycles. The molecule has 1 aromatic heterocycles. The smallest absolute Gasteiger partial charge is 0.300 e. The molecule has 2 aliphatic rings. The van der Waals surface area contributed by atoms with Gasteiger partial charge in [0.15, 0.2) is 0 Å². The molecule has 3 heterocycles. The molecule has 5 rings (SSSR count). The summed E-state index contributed by atoms with van der Waals surface area (Å²) in [7, 11) is 1.61. The SMILES string of the molecule is COc1ccc(/C(O)=C2/C(=O)C(=O)N(c3ccc(N4CCCCC4)cc3)C2c2ccncc2)cc1C(C)(C)C. The standard InChI is InChI=1S/C32H35N3O4/c1-32(2,3)25-20-22(8-13-26(25)39-4)29(36)27-28(21-14-16-33-17-15-21)35(31(38)30(27)37)24-11-9-23(10-12-24)34-18-6-5-7-19-34/h8-17,20,28,36H,5-7,18-19H2,1-4H3/b29-27-. The number of methoxy groups -OCH3 is 1. The van der Waals surface area contributed by atoms with E-state index < -0.39 is 17.7 Å². The normalized spacial score (nSPS) is 19.4. The number of aromatic nitrogens is 1. The molecule has 7 nitrogen and oxygen atoms in total. The summed E-state index contributed by atoms with van der Waals surface area (Å²) in [5, 5.41) is 11.6. The van der Waals surface area contributed by atoms with Crippen LogP contribution in [0.25, 0.3) is 5.76 Å². The van der Waals surface area contributed by atoms with E-state index in [1.807, 2.05) is 30.3 Å². The van der Waals surface area contributed by atoms with Crippen molar-refractivity contribution in [3.8, 4) is 5.75 Å². The van der Waals surface area contributed by atoms with Crippen molar-refractivity contribution in [2.24, 2.45) is 0 Å². The number of amides is 1. The van der Waals surface area contributed by atoms with E-state index >= 15 is 0 Å². The second kappa shape index (κ2) is 10.6. The number of piperidine rings is 1. The summed E-state index contributed by atoms with van der Waals surface area (Å²) in [6.07, 6.45) is 6.83. The van der Waals surface area contributed by atoms with E-state index in [2.05, 4.69) is 30.7 Å². The summed E-state index contributed by atoms with van der Waals surface area (Å²) < 4.78 is 5.55. The molecule has 202 valence electrons. The number of ketones is 1. The van der Waals surface area contributed by atoms with Crippen LogP contribution in [0.1, 0.15) is 62.8 Å². The van der Waals surface area contributed by atoms with E-state index in [0.29, 0.717) is 22.6 Å². The molecule has 2 saturated heterocycles. The van der Waals surface area contributed by atoms with Crippen molar-refractivity contribution < 1.29 is 19.4 Å². The number of carbonyl (C=O) groups is 2. The van der Waals surface area contributed by atoms with E-state index in [0.717, 1.165) is 24.3 Å². The lowest BCUT2D eigenvalue weighted by molar-refractivity contribution is -0.132. The number of carbonyl (C=O) groups excluding carboxylic acids is 2. The molecule has 7 heteroatoms. The molecule has 2 aromatic carbocycles. The second-order valence-corrected chi connectivity index (χ2v) is 11.2. The van der Waals surface area contributed by atoms with E-state index in [9.17, 15) is 14.7 Å². The van der Waals surface area contributed by atoms with Gasteiger partial charge < -0.3 is 14.7 Å². The molecule has 0 saturated carbocycles. The van der Waals surface area contributed by atoms with Crippen LogP contribution in [-0.4, -0.2) is 42.0 Å². The summed E-state index contributed by atoms with van der Waals surface area (Å²) >= 11 is 0. The number of ether oxygens (including phenoxy) is 1. The highest BCUT2D eigenvalue weighted by molar-refractivity contribution is 6.51. The fourth-order valence-electron chi connectivity index (χ4n) is 5.53. The largest absolute Gasteiger partial charge is 0.507 e. The van der Waals surface area contributed by atoms with Crippen molar-refractivity contribution in [1.82, 2.24) is 4.98 Å². The van der Waals surface area contributed by atoms with Gasteiger partial charge in [0.1, 0.15) is 11.5 Å². The molecular formula is C32H35N3O4. The van der Waals surface area contributed by atoms with Crippen LogP contribution >= 0.6 is 0 Å². The first-order chi connectivity index (χ1) is 18.7. The fourth-order valence-corrected chi connectivity index (χ4v) is 5.53. The Morgan fingerprint density at radius 2 is 1.56 bits per heavy atom. The highest BCUT2D eigenvalue weighted by Gasteiger charge is 2.47. The summed E-state index contributed by atoms with van der Waals surface area (Å²) in [5.74, 6) is -0.911. The van der Waals surface area contributed by atoms with Crippen LogP contribution in [-0.2, 0) is 15.0 Å². The number of aliphatic hydroxyl groups is 1. The number of Topliss-reactive ketones (excluding diaryl/α,β-unsaturated/α-hetero) is 1. The van der Waals surface area contributed by atoms with E-state index in [1.54, 1.807) is 43.8 Å². The Morgan fingerprint density at radius 3 is 2.18 bits per heavy atom. The first-order valence-electron chi connectivity index (χ1n) is 13.5. The Morgan fingerprint density at radius 1 is 0.923 bits per heavy atom. The van der Waals surface area contributed by atoms with Crippen LogP contribution in [0.5, 0.6) is 5.75 Å². The monoisotopic (exact) mass is 525 g/mol. The predicted octanol–water partition coefficient (Wildman–Crippen LogP) is 6.00. The zero-order valence-corrected chi connectivity index (χ0v) is 23.0. The minimum Gasteiger partial charge on any atom is -0.507 e. The van der Waals surface area contributed by atoms with Crippen LogP contribution in [0.2, 0.25) is 0 Å². The number of hydrogen-bond donors (Lipinski definition) is 1. The predicted molar refractivity (Wildman–Crippen MR) is 153 cm³/mol. The highest BCUT2D eigenvalue weighted by Crippen LogP contribution is 2.43. The fraction of sp³-hybridized carbons (Fsp3) is 0.344. The average Bonchev–Trinajstić information content (AvgIpc) is 3.22. The van der Waals surface area contributed by atoms with Crippen molar-refractivity contribution >= 4 is 28.8 Å². The molecule has 1 N–H and O–H groups in total. The maximum atomic E-state index is 13.5. The number of aliphatic hydroxyl groups excluding tert-OH is 1. The first kappa shape index (κ1) is 26.5. The molecule has 0 spiro atoms. The lowest BCUT2D eigenvalue weighted by Crippen LogP contribution is -2.30. The van der Waals surface area contributed by atoms with Gasteiger partial charge in [0.2, 0.25) is 0 Å². The van der Waals surface area contributed by atoms with Crippen molar-refractivity contribution in [2.45, 2.75) is 51.5 Å². The van der Waals surface area contributed by atoms with Crippen LogP contribution in [0.15, 0.2) is 72.6 Å². The van der Waals surface area contributed by atoms with Gasteiger partial charge in [0, 0.05) is 48.0 Å². The molecule has 1 atom stereocenters. The van der Waals surface area contributed by atoms with Gasteiger partial charge in [0.05, 0.1) is 18.7 Å². The zero-order valence-electron chi connectivity index (χ0n) is 23.0. The van der Waals surface area contributed by atoms with Gasteiger partial charge in [-0.2, -0.15) is 0 Å². The van der Waals surface area contributed by atoms with Gasteiger partial charge in [-0.15, -0.1) is 0 Å². The third kappa shape index (κ3) is 5.01. The van der Waals surface area contributed by atoms with Gasteiger partial charge in [-0.1, -0.05) is 20.8 Å². The second-order valence-electron chi connectivity index (χ2n) is 11.2. The summed E-state index contributed by atoms with van der Waals surface area (Å²) in [6, 6.07) is 15.8. The van der Waals surface area contributed by atoms with Crippen molar-refractivity contribution in [3.05, 3.63) is 89.3 Å². The molecule has 1 unspecified atom stereocenters. The maximum Gasteiger partial charge on any atom is 0.300 e. The number of nitrogens with zero attached hydrogens (tertiary/aromatic N) is 3. The van der Waals surface area contributed by atoms with Gasteiger partial charge in [-0.05, 0) is 84.8 Å². The van der Waals surface area contributed by atoms with Crippen molar-refractivity contribution in [2.75, 3.05) is 30.0 Å². The average molecular weight is 526 g/mol. The van der Waals surface area contributed by atoms with Crippen molar-refractivity contribution in [1.29, 1.82) is 0 Å². The van der Waals surface area contributed by atoms with Gasteiger partial charge in [-0.3, -0.25) is 19.5 Å². The number of anilines is 2. The lowest BCUT2D eigenvalue weighted by Gasteiger charge is -2.30. The number of rotatable bonds is 5. The Labute approximate surface area is 229 Å². The maximum absolute atomic E-state index is 13.5. The number of benzene rings is 2. The van der Waals surface area contributed by atoms with Gasteiger partial charge in [-0.25, -0.2) is 0 Å². The summed E-state index contributed by atoms with van der Waals surface area (Å²) in [6.45, 7) is 8.19. The van der Waals surface area contributed by atoms with E-state index in [1.165, 1.54) is 24.2 Å². The Kier molecular flexibility index (Phi) is 7.17. The first-order valence-corrected chi connectivity index (χ1v) is 13.5.